The van der Waals surface area contributed by atoms with E-state index in [1.165, 1.54) is 6.39 Å². The molecule has 0 fully saturated rings. The molecule has 0 saturated heterocycles. The molecule has 0 aliphatic carbocycles. The topological polar surface area (TPSA) is 112 Å². The van der Waals surface area contributed by atoms with E-state index < -0.39 is 0 Å². The van der Waals surface area contributed by atoms with E-state index in [4.69, 9.17) is 4.52 Å². The highest BCUT2D eigenvalue weighted by molar-refractivity contribution is 7.08. The van der Waals surface area contributed by atoms with E-state index in [2.05, 4.69) is 30.1 Å². The van der Waals surface area contributed by atoms with Crippen molar-refractivity contribution in [2.45, 2.75) is 6.92 Å². The van der Waals surface area contributed by atoms with Gasteiger partial charge in [0.15, 0.2) is 0 Å². The number of anilines is 1. The SMILES string of the molecule is Cc1nnsc1C(=O)Nc1ccc(-c2cc(-c3ncon3)nn2C)cc1. The molecular weight excluding hydrogens is 354 g/mol. The first-order valence-corrected chi connectivity index (χ1v) is 8.40. The average molecular weight is 367 g/mol. The molecule has 0 spiro atoms. The van der Waals surface area contributed by atoms with Crippen LogP contribution in [0.1, 0.15) is 15.4 Å². The minimum Gasteiger partial charge on any atom is -0.342 e. The summed E-state index contributed by atoms with van der Waals surface area (Å²) < 4.78 is 10.3. The van der Waals surface area contributed by atoms with Crippen LogP contribution in [-0.2, 0) is 7.05 Å². The van der Waals surface area contributed by atoms with Gasteiger partial charge in [0.05, 0.1) is 11.4 Å². The number of hydrogen-bond acceptors (Lipinski definition) is 8. The van der Waals surface area contributed by atoms with Crippen LogP contribution in [0.2, 0.25) is 0 Å². The van der Waals surface area contributed by atoms with Crippen LogP contribution in [0.4, 0.5) is 5.69 Å². The minimum atomic E-state index is -0.217. The van der Waals surface area contributed by atoms with Crippen molar-refractivity contribution in [2.75, 3.05) is 5.32 Å². The van der Waals surface area contributed by atoms with Crippen molar-refractivity contribution in [3.8, 4) is 22.8 Å². The fraction of sp³-hybridized carbons (Fsp3) is 0.125. The summed E-state index contributed by atoms with van der Waals surface area (Å²) in [7, 11) is 1.84. The molecule has 4 rings (SSSR count). The van der Waals surface area contributed by atoms with Gasteiger partial charge in [-0.25, -0.2) is 0 Å². The largest absolute Gasteiger partial charge is 0.342 e. The van der Waals surface area contributed by atoms with E-state index in [9.17, 15) is 4.79 Å². The number of carbonyl (C=O) groups excluding carboxylic acids is 1. The quantitative estimate of drug-likeness (QED) is 0.590. The van der Waals surface area contributed by atoms with E-state index in [1.54, 1.807) is 11.6 Å². The summed E-state index contributed by atoms with van der Waals surface area (Å²) in [6, 6.07) is 9.36. The monoisotopic (exact) mass is 367 g/mol. The summed E-state index contributed by atoms with van der Waals surface area (Å²) in [4.78, 5) is 16.7. The van der Waals surface area contributed by atoms with E-state index >= 15 is 0 Å². The van der Waals surface area contributed by atoms with E-state index in [1.807, 2.05) is 37.4 Å². The molecule has 130 valence electrons. The molecule has 9 nitrogen and oxygen atoms in total. The first kappa shape index (κ1) is 16.1. The molecule has 3 heterocycles. The molecule has 0 unspecified atom stereocenters. The molecule has 3 aromatic heterocycles. The maximum absolute atomic E-state index is 12.2. The molecule has 0 aliphatic rings. The highest BCUT2D eigenvalue weighted by Gasteiger charge is 2.14. The normalized spacial score (nSPS) is 10.8. The first-order chi connectivity index (χ1) is 12.6. The zero-order valence-corrected chi connectivity index (χ0v) is 14.7. The highest BCUT2D eigenvalue weighted by Crippen LogP contribution is 2.25. The van der Waals surface area contributed by atoms with Crippen molar-refractivity contribution in [1.82, 2.24) is 29.5 Å². The van der Waals surface area contributed by atoms with Crippen LogP contribution >= 0.6 is 11.5 Å². The van der Waals surface area contributed by atoms with Gasteiger partial charge in [-0.1, -0.05) is 21.8 Å². The number of nitrogens with one attached hydrogen (secondary N) is 1. The van der Waals surface area contributed by atoms with E-state index in [-0.39, 0.29) is 5.91 Å². The molecule has 1 aromatic carbocycles. The maximum Gasteiger partial charge on any atom is 0.269 e. The zero-order valence-electron chi connectivity index (χ0n) is 13.9. The van der Waals surface area contributed by atoms with Crippen molar-refractivity contribution >= 4 is 23.1 Å². The third kappa shape index (κ3) is 2.97. The Morgan fingerprint density at radius 1 is 1.27 bits per heavy atom. The predicted octanol–water partition coefficient (Wildman–Crippen LogP) is 2.55. The van der Waals surface area contributed by atoms with Gasteiger partial charge < -0.3 is 9.84 Å². The van der Waals surface area contributed by atoms with Crippen molar-refractivity contribution in [2.24, 2.45) is 7.05 Å². The number of hydrogen-bond donors (Lipinski definition) is 1. The molecular formula is C16H13N7O2S. The number of aryl methyl sites for hydroxylation is 2. The summed E-state index contributed by atoms with van der Waals surface area (Å²) in [5, 5.41) is 14.9. The smallest absolute Gasteiger partial charge is 0.269 e. The first-order valence-electron chi connectivity index (χ1n) is 7.63. The van der Waals surface area contributed by atoms with Gasteiger partial charge in [-0.05, 0) is 42.2 Å². The van der Waals surface area contributed by atoms with Crippen LogP contribution in [-0.4, -0.2) is 35.4 Å². The van der Waals surface area contributed by atoms with Crippen molar-refractivity contribution in [3.63, 3.8) is 0 Å². The predicted molar refractivity (Wildman–Crippen MR) is 94.5 cm³/mol. The average Bonchev–Trinajstić information content (AvgIpc) is 3.36. The lowest BCUT2D eigenvalue weighted by atomic mass is 10.1. The Bertz CT molecular complexity index is 1050. The van der Waals surface area contributed by atoms with E-state index in [0.29, 0.717) is 27.8 Å². The van der Waals surface area contributed by atoms with Gasteiger partial charge in [-0.2, -0.15) is 10.1 Å². The van der Waals surface area contributed by atoms with Gasteiger partial charge in [-0.15, -0.1) is 5.10 Å². The molecule has 10 heteroatoms. The lowest BCUT2D eigenvalue weighted by Crippen LogP contribution is -2.11. The van der Waals surface area contributed by atoms with Gasteiger partial charge in [-0.3, -0.25) is 9.48 Å². The molecule has 1 amide bonds. The third-order valence-corrected chi connectivity index (χ3v) is 4.59. The Labute approximate surface area is 151 Å². The highest BCUT2D eigenvalue weighted by atomic mass is 32.1. The molecule has 0 radical (unpaired) electrons. The summed E-state index contributed by atoms with van der Waals surface area (Å²) in [6.45, 7) is 1.76. The Balaban J connectivity index is 1.55. The van der Waals surface area contributed by atoms with Crippen LogP contribution < -0.4 is 5.32 Å². The number of aromatic nitrogens is 6. The number of nitrogens with zero attached hydrogens (tertiary/aromatic N) is 6. The summed E-state index contributed by atoms with van der Waals surface area (Å²) in [5.41, 5.74) is 3.77. The second-order valence-corrected chi connectivity index (χ2v) is 6.27. The second-order valence-electron chi connectivity index (χ2n) is 5.51. The van der Waals surface area contributed by atoms with Crippen molar-refractivity contribution in [3.05, 3.63) is 47.3 Å². The number of amides is 1. The number of rotatable bonds is 4. The minimum absolute atomic E-state index is 0.217. The molecule has 26 heavy (non-hydrogen) atoms. The van der Waals surface area contributed by atoms with Crippen LogP contribution in [0.3, 0.4) is 0 Å². The molecule has 0 aliphatic heterocycles. The Morgan fingerprint density at radius 2 is 2.08 bits per heavy atom. The Hall–Kier alpha value is -3.40. The van der Waals surface area contributed by atoms with Gasteiger partial charge in [0, 0.05) is 12.7 Å². The van der Waals surface area contributed by atoms with Crippen LogP contribution in [0.15, 0.2) is 41.2 Å². The number of benzene rings is 1. The van der Waals surface area contributed by atoms with E-state index in [0.717, 1.165) is 22.8 Å². The maximum atomic E-state index is 12.2. The van der Waals surface area contributed by atoms with Crippen molar-refractivity contribution in [1.29, 1.82) is 0 Å². The van der Waals surface area contributed by atoms with Crippen molar-refractivity contribution < 1.29 is 9.32 Å². The summed E-state index contributed by atoms with van der Waals surface area (Å²) in [6.07, 6.45) is 1.27. The standard InChI is InChI=1S/C16H13N7O2S/c1-9-14(26-22-19-9)16(24)18-11-5-3-10(4-6-11)13-7-12(20-23(13)2)15-17-8-25-21-15/h3-8H,1-2H3,(H,18,24). The molecule has 4 aromatic rings. The lowest BCUT2D eigenvalue weighted by molar-refractivity contribution is 0.103. The molecule has 0 saturated carbocycles. The lowest BCUT2D eigenvalue weighted by Gasteiger charge is -2.06. The summed E-state index contributed by atoms with van der Waals surface area (Å²) >= 11 is 1.08. The van der Waals surface area contributed by atoms with Crippen LogP contribution in [0.25, 0.3) is 22.8 Å². The van der Waals surface area contributed by atoms with Crippen LogP contribution in [0.5, 0.6) is 0 Å². The van der Waals surface area contributed by atoms with Gasteiger partial charge in [0.1, 0.15) is 10.6 Å². The Morgan fingerprint density at radius 3 is 2.73 bits per heavy atom. The third-order valence-electron chi connectivity index (χ3n) is 3.77. The molecule has 1 N–H and O–H groups in total. The molecule has 0 atom stereocenters. The summed E-state index contributed by atoms with van der Waals surface area (Å²) in [5.74, 6) is 0.217. The fourth-order valence-electron chi connectivity index (χ4n) is 2.48. The zero-order chi connectivity index (χ0) is 18.1. The van der Waals surface area contributed by atoms with Gasteiger partial charge >= 0.3 is 0 Å². The number of carbonyl (C=O) groups is 1. The molecule has 0 bridgehead atoms. The fourth-order valence-corrected chi connectivity index (χ4v) is 3.03. The van der Waals surface area contributed by atoms with Gasteiger partial charge in [0.25, 0.3) is 5.91 Å². The second kappa shape index (κ2) is 6.48. The van der Waals surface area contributed by atoms with Crippen LogP contribution in [0, 0.1) is 6.92 Å². The Kier molecular flexibility index (Phi) is 4.01. The van der Waals surface area contributed by atoms with Gasteiger partial charge in [0.2, 0.25) is 12.2 Å².